The van der Waals surface area contributed by atoms with Gasteiger partial charge < -0.3 is 18.9 Å². The van der Waals surface area contributed by atoms with Crippen LogP contribution in [-0.4, -0.2) is 43.5 Å². The van der Waals surface area contributed by atoms with Crippen LogP contribution in [-0.2, 0) is 20.6 Å². The summed E-state index contributed by atoms with van der Waals surface area (Å²) in [5, 5.41) is 0. The first kappa shape index (κ1) is 30.3. The van der Waals surface area contributed by atoms with Crippen molar-refractivity contribution in [3.63, 3.8) is 0 Å². The topological polar surface area (TPSA) is 54.0 Å². The summed E-state index contributed by atoms with van der Waals surface area (Å²) in [6, 6.07) is 5.47. The molecular formula is C30H43BrO5. The van der Waals surface area contributed by atoms with E-state index in [1.165, 1.54) is 16.7 Å². The van der Waals surface area contributed by atoms with Crippen LogP contribution in [0.25, 0.3) is 0 Å². The van der Waals surface area contributed by atoms with Crippen LogP contribution in [0.3, 0.4) is 0 Å². The van der Waals surface area contributed by atoms with Crippen LogP contribution < -0.4 is 4.74 Å². The summed E-state index contributed by atoms with van der Waals surface area (Å²) < 4.78 is 22.3. The van der Waals surface area contributed by atoms with Gasteiger partial charge in [0.1, 0.15) is 11.9 Å². The summed E-state index contributed by atoms with van der Waals surface area (Å²) in [5.41, 5.74) is 5.26. The van der Waals surface area contributed by atoms with Crippen molar-refractivity contribution in [2.24, 2.45) is 0 Å². The van der Waals surface area contributed by atoms with E-state index in [1.807, 2.05) is 26.0 Å². The van der Waals surface area contributed by atoms with E-state index in [9.17, 15) is 4.79 Å². The zero-order valence-corrected chi connectivity index (χ0v) is 24.6. The van der Waals surface area contributed by atoms with E-state index < -0.39 is 0 Å². The van der Waals surface area contributed by atoms with Gasteiger partial charge in [-0.3, -0.25) is 0 Å². The molecule has 0 saturated heterocycles. The predicted octanol–water partition coefficient (Wildman–Crippen LogP) is 7.73. The molecule has 1 aliphatic heterocycles. The number of benzene rings is 1. The van der Waals surface area contributed by atoms with E-state index in [2.05, 4.69) is 54.9 Å². The number of rotatable bonds is 5. The molecule has 0 N–H and O–H groups in total. The minimum absolute atomic E-state index is 0.0644. The van der Waals surface area contributed by atoms with E-state index >= 15 is 0 Å². The maximum absolute atomic E-state index is 13.2. The molecule has 2 bridgehead atoms. The van der Waals surface area contributed by atoms with Gasteiger partial charge in [0.25, 0.3) is 0 Å². The van der Waals surface area contributed by atoms with Crippen LogP contribution >= 0.6 is 15.9 Å². The lowest BCUT2D eigenvalue weighted by atomic mass is 9.97. The van der Waals surface area contributed by atoms with Gasteiger partial charge in [0.05, 0.1) is 16.0 Å². The molecule has 2 rings (SSSR count). The summed E-state index contributed by atoms with van der Waals surface area (Å²) in [5.74, 6) is 0.381. The number of hydrogen-bond donors (Lipinski definition) is 0. The first-order valence-corrected chi connectivity index (χ1v) is 13.5. The van der Waals surface area contributed by atoms with Gasteiger partial charge in [0.2, 0.25) is 0 Å². The lowest BCUT2D eigenvalue weighted by Crippen LogP contribution is -2.34. The Morgan fingerprint density at radius 1 is 1.06 bits per heavy atom. The molecule has 200 valence electrons. The van der Waals surface area contributed by atoms with E-state index in [-0.39, 0.29) is 29.3 Å². The molecule has 0 fully saturated rings. The van der Waals surface area contributed by atoms with Gasteiger partial charge >= 0.3 is 5.97 Å². The number of cyclic esters (lactones) is 1. The maximum Gasteiger partial charge on any atom is 0.338 e. The molecule has 1 heterocycles. The minimum atomic E-state index is -0.361. The van der Waals surface area contributed by atoms with E-state index in [4.69, 9.17) is 18.9 Å². The molecule has 0 unspecified atom stereocenters. The molecule has 36 heavy (non-hydrogen) atoms. The van der Waals surface area contributed by atoms with Crippen molar-refractivity contribution in [3.05, 3.63) is 64.3 Å². The Balaban J connectivity index is 2.42. The second-order valence-electron chi connectivity index (χ2n) is 10.1. The lowest BCUT2D eigenvalue weighted by Gasteiger charge is -2.29. The minimum Gasteiger partial charge on any atom is -0.467 e. The number of halogens is 1. The van der Waals surface area contributed by atoms with Crippen LogP contribution in [0.15, 0.2) is 53.1 Å². The molecule has 1 aromatic carbocycles. The third-order valence-electron chi connectivity index (χ3n) is 6.59. The van der Waals surface area contributed by atoms with Crippen LogP contribution in [0.1, 0.15) is 82.6 Å². The number of alkyl halides is 1. The molecule has 0 aliphatic carbocycles. The quantitative estimate of drug-likeness (QED) is 0.159. The van der Waals surface area contributed by atoms with Gasteiger partial charge in [-0.1, -0.05) is 45.3 Å². The Labute approximate surface area is 226 Å². The summed E-state index contributed by atoms with van der Waals surface area (Å²) >= 11 is 3.73. The smallest absolute Gasteiger partial charge is 0.338 e. The molecule has 0 spiro atoms. The first-order valence-electron chi connectivity index (χ1n) is 12.7. The Morgan fingerprint density at radius 3 is 2.44 bits per heavy atom. The number of ether oxygens (including phenoxy) is 4. The number of methoxy groups -OCH3 is 2. The fraction of sp³-hybridized carbons (Fsp3) is 0.567. The summed E-state index contributed by atoms with van der Waals surface area (Å²) in [4.78, 5) is 13.2. The Kier molecular flexibility index (Phi) is 12.4. The third kappa shape index (κ3) is 9.87. The monoisotopic (exact) mass is 562 g/mol. The number of carbonyl (C=O) groups is 1. The average molecular weight is 564 g/mol. The molecule has 2 atom stereocenters. The van der Waals surface area contributed by atoms with Crippen LogP contribution in [0.2, 0.25) is 0 Å². The molecule has 6 heteroatoms. The summed E-state index contributed by atoms with van der Waals surface area (Å²) in [6.45, 7) is 10.6. The van der Waals surface area contributed by atoms with E-state index in [1.54, 1.807) is 20.3 Å². The van der Waals surface area contributed by atoms with Crippen molar-refractivity contribution in [1.29, 1.82) is 0 Å². The molecular weight excluding hydrogens is 520 g/mol. The number of esters is 1. The van der Waals surface area contributed by atoms with Crippen molar-refractivity contribution >= 4 is 21.9 Å². The lowest BCUT2D eigenvalue weighted by molar-refractivity contribution is 0.0214. The number of hydrogen-bond acceptors (Lipinski definition) is 5. The third-order valence-corrected chi connectivity index (χ3v) is 7.10. The fourth-order valence-electron chi connectivity index (χ4n) is 4.15. The van der Waals surface area contributed by atoms with Gasteiger partial charge in [-0.15, -0.1) is 0 Å². The van der Waals surface area contributed by atoms with Crippen molar-refractivity contribution in [3.8, 4) is 5.75 Å². The molecule has 5 nitrogen and oxygen atoms in total. The second kappa shape index (κ2) is 14.7. The van der Waals surface area contributed by atoms with Gasteiger partial charge in [-0.25, -0.2) is 4.79 Å². The first-order chi connectivity index (χ1) is 17.0. The highest BCUT2D eigenvalue weighted by molar-refractivity contribution is 9.10. The molecule has 0 aromatic heterocycles. The van der Waals surface area contributed by atoms with Crippen molar-refractivity contribution < 1.29 is 23.7 Å². The van der Waals surface area contributed by atoms with Crippen molar-refractivity contribution in [2.45, 2.75) is 89.7 Å². The zero-order chi connectivity index (χ0) is 26.7. The number of allylic oxidation sites excluding steroid dienone is 4. The Morgan fingerprint density at radius 2 is 1.78 bits per heavy atom. The van der Waals surface area contributed by atoms with Crippen LogP contribution in [0.5, 0.6) is 5.75 Å². The molecule has 0 amide bonds. The average Bonchev–Trinajstić information content (AvgIpc) is 2.83. The van der Waals surface area contributed by atoms with Gasteiger partial charge in [0, 0.05) is 14.2 Å². The second-order valence-corrected chi connectivity index (χ2v) is 12.2. The molecule has 1 aliphatic rings. The number of fused-ring (bicyclic) bond motifs is 2. The predicted molar refractivity (Wildman–Crippen MR) is 150 cm³/mol. The SMILES string of the molecule is COCOc1ccc2cc1C/C=C(\C)CC/C=C(\C)[C@@H](OC)C/C=C(\C)CC[C@@H](C(C)(C)Br)OC2=O. The van der Waals surface area contributed by atoms with Crippen LogP contribution in [0, 0.1) is 0 Å². The van der Waals surface area contributed by atoms with E-state index in [0.717, 1.165) is 37.7 Å². The van der Waals surface area contributed by atoms with Gasteiger partial charge in [-0.05, 0) is 102 Å². The number of carbonyl (C=O) groups excluding carboxylic acids is 1. The highest BCUT2D eigenvalue weighted by atomic mass is 79.9. The zero-order valence-electron chi connectivity index (χ0n) is 23.0. The molecule has 0 saturated carbocycles. The summed E-state index contributed by atoms with van der Waals surface area (Å²) in [7, 11) is 3.36. The highest BCUT2D eigenvalue weighted by Crippen LogP contribution is 2.30. The summed E-state index contributed by atoms with van der Waals surface area (Å²) in [6.07, 6.45) is 11.5. The van der Waals surface area contributed by atoms with Crippen LogP contribution in [0.4, 0.5) is 0 Å². The molecule has 1 aromatic rings. The molecule has 0 radical (unpaired) electrons. The van der Waals surface area contributed by atoms with Crippen molar-refractivity contribution in [1.82, 2.24) is 0 Å². The normalized spacial score (nSPS) is 25.6. The Hall–Kier alpha value is -1.89. The largest absolute Gasteiger partial charge is 0.467 e. The van der Waals surface area contributed by atoms with E-state index in [0.29, 0.717) is 17.7 Å². The standard InChI is InChI=1S/C30H43BrO5/c1-21-9-8-10-23(3)26(34-7)16-12-22(2)13-18-28(30(4,5)31)36-29(32)25-15-17-27(35-20-33-6)24(19-25)14-11-21/h10-12,15,17,19,26,28H,8-9,13-14,16,18,20H2,1-7H3/b21-11+,22-12+,23-10+/t26-,28-/m0/s1. The van der Waals surface area contributed by atoms with Gasteiger partial charge in [0.15, 0.2) is 6.79 Å². The highest BCUT2D eigenvalue weighted by Gasteiger charge is 2.30. The fourth-order valence-corrected chi connectivity index (χ4v) is 4.47. The maximum atomic E-state index is 13.2. The van der Waals surface area contributed by atoms with Crippen molar-refractivity contribution in [2.75, 3.05) is 21.0 Å². The Bertz CT molecular complexity index is 955. The van der Waals surface area contributed by atoms with Gasteiger partial charge in [-0.2, -0.15) is 0 Å².